The van der Waals surface area contributed by atoms with Crippen LogP contribution in [-0.2, 0) is 5.41 Å². The molecule has 1 aliphatic carbocycles. The molecule has 0 heterocycles. The van der Waals surface area contributed by atoms with Gasteiger partial charge in [-0.2, -0.15) is 0 Å². The number of benzene rings is 5. The Kier molecular flexibility index (Phi) is 6.80. The standard InChI is InChI=1S/C38H31N/c1-2-14-34-35-21-12-13-22-36(35)38(31-17-8-4-9-18-31,32-19-10-5-11-20-32)37(34)27-28-39-33-25-23-30(24-26-33)29-15-6-3-7-16-29/h2-27,39H,1,28H2/b34-14-,37-27+. The number of nitrogens with one attached hydrogen (secondary N) is 1. The van der Waals surface area contributed by atoms with Crippen LogP contribution in [0, 0.1) is 0 Å². The molecule has 0 atom stereocenters. The summed E-state index contributed by atoms with van der Waals surface area (Å²) in [6.07, 6.45) is 6.43. The summed E-state index contributed by atoms with van der Waals surface area (Å²) < 4.78 is 0. The Hall–Kier alpha value is -4.88. The van der Waals surface area contributed by atoms with Gasteiger partial charge in [-0.3, -0.25) is 0 Å². The van der Waals surface area contributed by atoms with Gasteiger partial charge in [0.25, 0.3) is 0 Å². The number of anilines is 1. The molecule has 188 valence electrons. The molecule has 0 radical (unpaired) electrons. The van der Waals surface area contributed by atoms with Gasteiger partial charge in [0.05, 0.1) is 5.41 Å². The van der Waals surface area contributed by atoms with E-state index in [4.69, 9.17) is 0 Å². The fourth-order valence-corrected chi connectivity index (χ4v) is 5.94. The van der Waals surface area contributed by atoms with Crippen molar-refractivity contribution in [3.63, 3.8) is 0 Å². The van der Waals surface area contributed by atoms with Gasteiger partial charge in [0.2, 0.25) is 0 Å². The molecule has 39 heavy (non-hydrogen) atoms. The van der Waals surface area contributed by atoms with Crippen LogP contribution in [0.3, 0.4) is 0 Å². The molecule has 0 bridgehead atoms. The predicted octanol–water partition coefficient (Wildman–Crippen LogP) is 9.31. The Balaban J connectivity index is 1.44. The average Bonchev–Trinajstić information content (AvgIpc) is 3.29. The lowest BCUT2D eigenvalue weighted by Gasteiger charge is -2.34. The first kappa shape index (κ1) is 24.5. The second-order valence-electron chi connectivity index (χ2n) is 9.79. The van der Waals surface area contributed by atoms with Crippen molar-refractivity contribution >= 4 is 11.3 Å². The highest BCUT2D eigenvalue weighted by Crippen LogP contribution is 2.57. The van der Waals surface area contributed by atoms with Crippen LogP contribution < -0.4 is 5.32 Å². The van der Waals surface area contributed by atoms with Gasteiger partial charge in [-0.15, -0.1) is 0 Å². The van der Waals surface area contributed by atoms with E-state index in [1.807, 2.05) is 12.1 Å². The third kappa shape index (κ3) is 4.43. The average molecular weight is 502 g/mol. The van der Waals surface area contributed by atoms with E-state index in [0.29, 0.717) is 6.54 Å². The summed E-state index contributed by atoms with van der Waals surface area (Å²) in [5, 5.41) is 3.65. The molecule has 5 aromatic carbocycles. The van der Waals surface area contributed by atoms with E-state index in [9.17, 15) is 0 Å². The van der Waals surface area contributed by atoms with E-state index < -0.39 is 5.41 Å². The minimum atomic E-state index is -0.424. The van der Waals surface area contributed by atoms with Crippen LogP contribution in [0.4, 0.5) is 5.69 Å². The molecule has 6 rings (SSSR count). The molecular formula is C38H31N. The summed E-state index contributed by atoms with van der Waals surface area (Å²) >= 11 is 0. The van der Waals surface area contributed by atoms with E-state index >= 15 is 0 Å². The van der Waals surface area contributed by atoms with Gasteiger partial charge in [0.15, 0.2) is 0 Å². The number of fused-ring (bicyclic) bond motifs is 1. The molecule has 0 saturated heterocycles. The van der Waals surface area contributed by atoms with Crippen LogP contribution >= 0.6 is 0 Å². The van der Waals surface area contributed by atoms with E-state index in [1.165, 1.54) is 44.5 Å². The lowest BCUT2D eigenvalue weighted by atomic mass is 9.67. The van der Waals surface area contributed by atoms with Crippen molar-refractivity contribution in [2.45, 2.75) is 5.41 Å². The Labute approximate surface area is 231 Å². The van der Waals surface area contributed by atoms with E-state index in [2.05, 4.69) is 158 Å². The van der Waals surface area contributed by atoms with Gasteiger partial charge in [-0.1, -0.05) is 152 Å². The number of rotatable bonds is 7. The van der Waals surface area contributed by atoms with Crippen LogP contribution in [0.15, 0.2) is 170 Å². The normalized spacial score (nSPS) is 15.7. The fraction of sp³-hybridized carbons (Fsp3) is 0.0526. The van der Waals surface area contributed by atoms with Crippen molar-refractivity contribution in [2.75, 3.05) is 11.9 Å². The molecule has 1 heteroatoms. The smallest absolute Gasteiger partial charge is 0.0711 e. The molecule has 0 amide bonds. The van der Waals surface area contributed by atoms with Gasteiger partial charge >= 0.3 is 0 Å². The van der Waals surface area contributed by atoms with Crippen LogP contribution in [0.25, 0.3) is 16.7 Å². The second kappa shape index (κ2) is 10.8. The Morgan fingerprint density at radius 1 is 0.590 bits per heavy atom. The van der Waals surface area contributed by atoms with Crippen LogP contribution in [0.2, 0.25) is 0 Å². The molecule has 5 aromatic rings. The third-order valence-electron chi connectivity index (χ3n) is 7.62. The predicted molar refractivity (Wildman–Crippen MR) is 166 cm³/mol. The molecule has 0 aliphatic heterocycles. The lowest BCUT2D eigenvalue weighted by Crippen LogP contribution is -2.29. The maximum Gasteiger partial charge on any atom is 0.0711 e. The van der Waals surface area contributed by atoms with E-state index in [-0.39, 0.29) is 0 Å². The zero-order valence-corrected chi connectivity index (χ0v) is 21.9. The van der Waals surface area contributed by atoms with E-state index in [0.717, 1.165) is 5.69 Å². The Bertz CT molecular complexity index is 1590. The maximum atomic E-state index is 4.07. The highest BCUT2D eigenvalue weighted by molar-refractivity contribution is 5.94. The Morgan fingerprint density at radius 2 is 1.13 bits per heavy atom. The lowest BCUT2D eigenvalue weighted by molar-refractivity contribution is 0.766. The van der Waals surface area contributed by atoms with Crippen molar-refractivity contribution in [3.8, 4) is 11.1 Å². The molecule has 0 unspecified atom stereocenters. The zero-order chi connectivity index (χ0) is 26.5. The molecule has 0 spiro atoms. The minimum Gasteiger partial charge on any atom is -0.382 e. The summed E-state index contributed by atoms with van der Waals surface area (Å²) in [6.45, 7) is 4.76. The van der Waals surface area contributed by atoms with Gasteiger partial charge in [0.1, 0.15) is 0 Å². The molecular weight excluding hydrogens is 470 g/mol. The highest BCUT2D eigenvalue weighted by atomic mass is 14.9. The number of hydrogen-bond donors (Lipinski definition) is 1. The van der Waals surface area contributed by atoms with Gasteiger partial charge < -0.3 is 5.32 Å². The van der Waals surface area contributed by atoms with Crippen molar-refractivity contribution in [2.24, 2.45) is 0 Å². The summed E-state index contributed by atoms with van der Waals surface area (Å²) in [5.41, 5.74) is 10.7. The summed E-state index contributed by atoms with van der Waals surface area (Å²) in [7, 11) is 0. The molecule has 0 fully saturated rings. The van der Waals surface area contributed by atoms with Gasteiger partial charge in [0, 0.05) is 12.2 Å². The van der Waals surface area contributed by atoms with Gasteiger partial charge in [-0.05, 0) is 56.7 Å². The molecule has 1 aliphatic rings. The minimum absolute atomic E-state index is 0.424. The fourth-order valence-electron chi connectivity index (χ4n) is 5.94. The third-order valence-corrected chi connectivity index (χ3v) is 7.62. The molecule has 1 N–H and O–H groups in total. The first-order valence-corrected chi connectivity index (χ1v) is 13.5. The van der Waals surface area contributed by atoms with Gasteiger partial charge in [-0.25, -0.2) is 0 Å². The summed E-state index contributed by atoms with van der Waals surface area (Å²) in [5.74, 6) is 0. The molecule has 0 saturated carbocycles. The highest BCUT2D eigenvalue weighted by Gasteiger charge is 2.47. The summed E-state index contributed by atoms with van der Waals surface area (Å²) in [4.78, 5) is 0. The molecule has 0 aromatic heterocycles. The van der Waals surface area contributed by atoms with Crippen molar-refractivity contribution in [1.82, 2.24) is 0 Å². The van der Waals surface area contributed by atoms with E-state index in [1.54, 1.807) is 0 Å². The SMILES string of the molecule is C=C/C=C1\C(=C/CNc2ccc(-c3ccccc3)cc2)C(c2ccccc2)(c2ccccc2)c2ccccc21. The second-order valence-corrected chi connectivity index (χ2v) is 9.79. The monoisotopic (exact) mass is 501 g/mol. The zero-order valence-electron chi connectivity index (χ0n) is 21.9. The largest absolute Gasteiger partial charge is 0.382 e. The van der Waals surface area contributed by atoms with Crippen molar-refractivity contribution in [3.05, 3.63) is 192 Å². The first-order valence-electron chi connectivity index (χ1n) is 13.5. The number of allylic oxidation sites excluding steroid dienone is 4. The van der Waals surface area contributed by atoms with Crippen LogP contribution in [0.5, 0.6) is 0 Å². The quantitative estimate of drug-likeness (QED) is 0.234. The van der Waals surface area contributed by atoms with Crippen LogP contribution in [0.1, 0.15) is 22.3 Å². The maximum absolute atomic E-state index is 4.07. The summed E-state index contributed by atoms with van der Waals surface area (Å²) in [6, 6.07) is 49.7. The van der Waals surface area contributed by atoms with Crippen molar-refractivity contribution in [1.29, 1.82) is 0 Å². The van der Waals surface area contributed by atoms with Crippen molar-refractivity contribution < 1.29 is 0 Å². The van der Waals surface area contributed by atoms with Crippen LogP contribution in [-0.4, -0.2) is 6.54 Å². The Morgan fingerprint density at radius 3 is 1.74 bits per heavy atom. The first-order chi connectivity index (χ1) is 19.3. The number of hydrogen-bond acceptors (Lipinski definition) is 1. The molecule has 1 nitrogen and oxygen atoms in total. The topological polar surface area (TPSA) is 12.0 Å².